The Hall–Kier alpha value is -1.79. The predicted octanol–water partition coefficient (Wildman–Crippen LogP) is 1.44. The number of hydrogen-bond donors (Lipinski definition) is 1. The van der Waals surface area contributed by atoms with Gasteiger partial charge in [0.15, 0.2) is 11.6 Å². The fourth-order valence-corrected chi connectivity index (χ4v) is 2.67. The average Bonchev–Trinajstić information content (AvgIpc) is 3.04. The lowest BCUT2D eigenvalue weighted by Crippen LogP contribution is -2.11. The molecule has 2 heterocycles. The summed E-state index contributed by atoms with van der Waals surface area (Å²) in [5.41, 5.74) is 6.31. The van der Waals surface area contributed by atoms with Crippen molar-refractivity contribution < 1.29 is 9.59 Å². The highest BCUT2D eigenvalue weighted by Crippen LogP contribution is 2.19. The highest BCUT2D eigenvalue weighted by Gasteiger charge is 2.13. The summed E-state index contributed by atoms with van der Waals surface area (Å²) in [6.45, 7) is -0.0246. The number of carbonyl (C=O) groups excluding carboxylic acids is 2. The van der Waals surface area contributed by atoms with Gasteiger partial charge in [-0.05, 0) is 24.6 Å². The summed E-state index contributed by atoms with van der Waals surface area (Å²) in [4.78, 5) is 24.6. The number of nitrogens with two attached hydrogens (primary N) is 1. The molecule has 0 radical (unpaired) electrons. The van der Waals surface area contributed by atoms with Crippen molar-refractivity contribution >= 4 is 22.9 Å². The fourth-order valence-electron chi connectivity index (χ4n) is 1.75. The molecule has 0 saturated heterocycles. The largest absolute Gasteiger partial charge is 0.324 e. The van der Waals surface area contributed by atoms with Gasteiger partial charge in [0, 0.05) is 25.4 Å². The van der Waals surface area contributed by atoms with Gasteiger partial charge in [-0.3, -0.25) is 14.3 Å². The van der Waals surface area contributed by atoms with Crippen LogP contribution < -0.4 is 5.73 Å². The van der Waals surface area contributed by atoms with Gasteiger partial charge in [-0.15, -0.1) is 11.3 Å². The van der Waals surface area contributed by atoms with Crippen LogP contribution in [0.15, 0.2) is 24.4 Å². The Morgan fingerprint density at radius 2 is 1.95 bits per heavy atom. The van der Waals surface area contributed by atoms with Crippen LogP contribution in [0, 0.1) is 0 Å². The standard InChI is InChI=1S/C13H15N3O2S/c1-16-9(6-7-15-16)2-3-10(17)12-4-5-13(19-12)11(18)8-14/h4-7H,2-3,8,14H2,1H3. The van der Waals surface area contributed by atoms with E-state index in [1.807, 2.05) is 13.1 Å². The van der Waals surface area contributed by atoms with E-state index in [0.29, 0.717) is 22.6 Å². The summed E-state index contributed by atoms with van der Waals surface area (Å²) in [6, 6.07) is 5.25. The summed E-state index contributed by atoms with van der Waals surface area (Å²) in [7, 11) is 1.85. The quantitative estimate of drug-likeness (QED) is 0.810. The number of rotatable bonds is 6. The maximum absolute atomic E-state index is 12.0. The number of nitrogens with zero attached hydrogens (tertiary/aromatic N) is 2. The van der Waals surface area contributed by atoms with Crippen LogP contribution >= 0.6 is 11.3 Å². The molecule has 0 aliphatic rings. The molecular weight excluding hydrogens is 262 g/mol. The zero-order valence-electron chi connectivity index (χ0n) is 10.6. The van der Waals surface area contributed by atoms with E-state index < -0.39 is 0 Å². The predicted molar refractivity (Wildman–Crippen MR) is 73.6 cm³/mol. The van der Waals surface area contributed by atoms with Crippen LogP contribution in [-0.4, -0.2) is 27.9 Å². The van der Waals surface area contributed by atoms with Gasteiger partial charge in [-0.2, -0.15) is 5.10 Å². The smallest absolute Gasteiger partial charge is 0.186 e. The Labute approximate surface area is 115 Å². The third-order valence-corrected chi connectivity index (χ3v) is 4.04. The van der Waals surface area contributed by atoms with Crippen molar-refractivity contribution in [2.45, 2.75) is 12.8 Å². The molecule has 100 valence electrons. The number of hydrogen-bond acceptors (Lipinski definition) is 5. The van der Waals surface area contributed by atoms with Crippen molar-refractivity contribution in [2.75, 3.05) is 6.54 Å². The number of aromatic nitrogens is 2. The van der Waals surface area contributed by atoms with Crippen molar-refractivity contribution in [3.63, 3.8) is 0 Å². The molecule has 19 heavy (non-hydrogen) atoms. The van der Waals surface area contributed by atoms with Crippen molar-refractivity contribution in [3.8, 4) is 0 Å². The van der Waals surface area contributed by atoms with Gasteiger partial charge >= 0.3 is 0 Å². The summed E-state index contributed by atoms with van der Waals surface area (Å²) >= 11 is 1.21. The molecule has 0 aliphatic heterocycles. The van der Waals surface area contributed by atoms with E-state index in [9.17, 15) is 9.59 Å². The molecule has 2 rings (SSSR count). The minimum atomic E-state index is -0.129. The van der Waals surface area contributed by atoms with Gasteiger partial charge in [0.1, 0.15) is 0 Å². The van der Waals surface area contributed by atoms with E-state index in [4.69, 9.17) is 5.73 Å². The summed E-state index contributed by atoms with van der Waals surface area (Å²) in [5.74, 6) is -0.0852. The first-order chi connectivity index (χ1) is 9.11. The Balaban J connectivity index is 1.98. The highest BCUT2D eigenvalue weighted by atomic mass is 32.1. The average molecular weight is 277 g/mol. The van der Waals surface area contributed by atoms with Gasteiger partial charge in [-0.1, -0.05) is 0 Å². The van der Waals surface area contributed by atoms with E-state index in [1.165, 1.54) is 11.3 Å². The van der Waals surface area contributed by atoms with Gasteiger partial charge in [0.2, 0.25) is 0 Å². The molecule has 0 spiro atoms. The number of ketones is 2. The van der Waals surface area contributed by atoms with E-state index in [2.05, 4.69) is 5.10 Å². The lowest BCUT2D eigenvalue weighted by Gasteiger charge is -2.00. The maximum Gasteiger partial charge on any atom is 0.186 e. The number of carbonyl (C=O) groups is 2. The monoisotopic (exact) mass is 277 g/mol. The van der Waals surface area contributed by atoms with Crippen LogP contribution in [0.2, 0.25) is 0 Å². The molecule has 2 N–H and O–H groups in total. The van der Waals surface area contributed by atoms with Crippen LogP contribution in [0.3, 0.4) is 0 Å². The molecule has 0 saturated carbocycles. The molecule has 2 aromatic rings. The Morgan fingerprint density at radius 3 is 2.53 bits per heavy atom. The first kappa shape index (κ1) is 13.6. The first-order valence-corrected chi connectivity index (χ1v) is 6.76. The molecule has 0 fully saturated rings. The summed E-state index contributed by atoms with van der Waals surface area (Å²) in [5, 5.41) is 4.06. The molecule has 0 aliphatic carbocycles. The zero-order valence-corrected chi connectivity index (χ0v) is 11.4. The van der Waals surface area contributed by atoms with E-state index in [1.54, 1.807) is 23.0 Å². The van der Waals surface area contributed by atoms with Crippen LogP contribution in [0.4, 0.5) is 0 Å². The maximum atomic E-state index is 12.0. The molecule has 0 bridgehead atoms. The second-order valence-electron chi connectivity index (χ2n) is 4.16. The molecular formula is C13H15N3O2S. The molecule has 6 heteroatoms. The van der Waals surface area contributed by atoms with E-state index in [0.717, 1.165) is 5.69 Å². The third-order valence-electron chi connectivity index (χ3n) is 2.87. The first-order valence-electron chi connectivity index (χ1n) is 5.95. The van der Waals surface area contributed by atoms with Crippen molar-refractivity contribution in [3.05, 3.63) is 39.8 Å². The Bertz CT molecular complexity index is 601. The highest BCUT2D eigenvalue weighted by molar-refractivity contribution is 7.16. The van der Waals surface area contributed by atoms with Crippen LogP contribution in [0.1, 0.15) is 31.5 Å². The van der Waals surface area contributed by atoms with Gasteiger partial charge in [0.05, 0.1) is 16.3 Å². The number of aryl methyl sites for hydroxylation is 2. The fraction of sp³-hybridized carbons (Fsp3) is 0.308. The van der Waals surface area contributed by atoms with Gasteiger partial charge in [-0.25, -0.2) is 0 Å². The molecule has 0 unspecified atom stereocenters. The van der Waals surface area contributed by atoms with Gasteiger partial charge < -0.3 is 5.73 Å². The van der Waals surface area contributed by atoms with Crippen LogP contribution in [0.25, 0.3) is 0 Å². The molecule has 0 atom stereocenters. The number of thiophene rings is 1. The molecule has 0 amide bonds. The summed E-state index contributed by atoms with van der Waals surface area (Å²) < 4.78 is 1.76. The normalized spacial score (nSPS) is 10.6. The lowest BCUT2D eigenvalue weighted by molar-refractivity contribution is 0.0984. The minimum absolute atomic E-state index is 0.0246. The third kappa shape index (κ3) is 3.15. The van der Waals surface area contributed by atoms with Crippen molar-refractivity contribution in [2.24, 2.45) is 12.8 Å². The van der Waals surface area contributed by atoms with E-state index in [-0.39, 0.29) is 18.1 Å². The second-order valence-corrected chi connectivity index (χ2v) is 5.24. The van der Waals surface area contributed by atoms with Crippen molar-refractivity contribution in [1.82, 2.24) is 9.78 Å². The second kappa shape index (κ2) is 5.90. The van der Waals surface area contributed by atoms with Crippen LogP contribution in [-0.2, 0) is 13.5 Å². The van der Waals surface area contributed by atoms with E-state index >= 15 is 0 Å². The summed E-state index contributed by atoms with van der Waals surface area (Å²) in [6.07, 6.45) is 2.77. The zero-order chi connectivity index (χ0) is 13.8. The number of Topliss-reactive ketones (excluding diaryl/α,β-unsaturated/α-hetero) is 2. The molecule has 0 aromatic carbocycles. The van der Waals surface area contributed by atoms with Crippen LogP contribution in [0.5, 0.6) is 0 Å². The van der Waals surface area contributed by atoms with Crippen molar-refractivity contribution in [1.29, 1.82) is 0 Å². The SMILES string of the molecule is Cn1nccc1CCC(=O)c1ccc(C(=O)CN)s1. The lowest BCUT2D eigenvalue weighted by atomic mass is 10.1. The topological polar surface area (TPSA) is 78.0 Å². The molecule has 2 aromatic heterocycles. The Kier molecular flexibility index (Phi) is 4.24. The Morgan fingerprint density at radius 1 is 1.26 bits per heavy atom. The minimum Gasteiger partial charge on any atom is -0.324 e. The molecule has 5 nitrogen and oxygen atoms in total. The van der Waals surface area contributed by atoms with Gasteiger partial charge in [0.25, 0.3) is 0 Å².